The van der Waals surface area contributed by atoms with Crippen LogP contribution in [0.2, 0.25) is 0 Å². The molecule has 0 atom stereocenters. The second kappa shape index (κ2) is 9.26. The second-order valence-electron chi connectivity index (χ2n) is 7.89. The van der Waals surface area contributed by atoms with Gasteiger partial charge < -0.3 is 16.0 Å². The van der Waals surface area contributed by atoms with Crippen molar-refractivity contribution in [3.8, 4) is 0 Å². The van der Waals surface area contributed by atoms with Gasteiger partial charge in [-0.25, -0.2) is 8.78 Å². The van der Waals surface area contributed by atoms with E-state index in [1.165, 1.54) is 24.4 Å². The Morgan fingerprint density at radius 1 is 1.07 bits per heavy atom. The Kier molecular flexibility index (Phi) is 6.72. The first-order valence-electron chi connectivity index (χ1n) is 10.1. The molecule has 3 N–H and O–H groups in total. The third-order valence-electron chi connectivity index (χ3n) is 5.13. The molecule has 2 aromatic rings. The first-order valence-corrected chi connectivity index (χ1v) is 10.1. The van der Waals surface area contributed by atoms with Crippen molar-refractivity contribution in [3.63, 3.8) is 0 Å². The third-order valence-corrected chi connectivity index (χ3v) is 5.13. The topological polar surface area (TPSA) is 56.4 Å². The summed E-state index contributed by atoms with van der Waals surface area (Å²) in [5, 5.41) is 8.71. The molecule has 1 amide bonds. The molecule has 7 heteroatoms. The maximum absolute atomic E-state index is 14.5. The smallest absolute Gasteiger partial charge is 0.257 e. The molecule has 2 aromatic carbocycles. The van der Waals surface area contributed by atoms with Gasteiger partial charge in [-0.15, -0.1) is 0 Å². The Balaban J connectivity index is 1.64. The summed E-state index contributed by atoms with van der Waals surface area (Å²) < 4.78 is 27.8. The lowest BCUT2D eigenvalue weighted by atomic mass is 10.1. The normalized spacial score (nSPS) is 14.6. The molecule has 3 rings (SSSR count). The standard InChI is InChI=1S/C23H28F2N4O/c1-14(2)29(15(3)4)10-9-26-21-8-6-17(12-20(21)25)27-13-19-18-7-5-16(24)11-22(18)28-23(19)30/h5-8,11-15,26-27H,9-10H2,1-4H3,(H,28,30)/b19-13+. The average Bonchev–Trinajstić information content (AvgIpc) is 2.98. The molecule has 1 aliphatic heterocycles. The van der Waals surface area contributed by atoms with Gasteiger partial charge in [0.05, 0.1) is 16.9 Å². The Hall–Kier alpha value is -2.93. The number of amides is 1. The summed E-state index contributed by atoms with van der Waals surface area (Å²) in [5.74, 6) is -1.13. The second-order valence-corrected chi connectivity index (χ2v) is 7.89. The number of hydrogen-bond acceptors (Lipinski definition) is 4. The van der Waals surface area contributed by atoms with Gasteiger partial charge in [-0.3, -0.25) is 9.69 Å². The lowest BCUT2D eigenvalue weighted by molar-refractivity contribution is -0.110. The number of benzene rings is 2. The number of anilines is 3. The molecule has 5 nitrogen and oxygen atoms in total. The average molecular weight is 415 g/mol. The van der Waals surface area contributed by atoms with E-state index in [9.17, 15) is 13.6 Å². The number of nitrogens with one attached hydrogen (secondary N) is 3. The monoisotopic (exact) mass is 414 g/mol. The molecule has 0 fully saturated rings. The maximum Gasteiger partial charge on any atom is 0.257 e. The van der Waals surface area contributed by atoms with E-state index in [4.69, 9.17) is 0 Å². The molecule has 160 valence electrons. The van der Waals surface area contributed by atoms with Gasteiger partial charge in [-0.1, -0.05) is 0 Å². The van der Waals surface area contributed by atoms with E-state index < -0.39 is 5.82 Å². The highest BCUT2D eigenvalue weighted by atomic mass is 19.1. The van der Waals surface area contributed by atoms with Crippen LogP contribution >= 0.6 is 0 Å². The predicted molar refractivity (Wildman–Crippen MR) is 118 cm³/mol. The molecule has 0 spiro atoms. The largest absolute Gasteiger partial charge is 0.381 e. The van der Waals surface area contributed by atoms with Gasteiger partial charge >= 0.3 is 0 Å². The number of fused-ring (bicyclic) bond motifs is 1. The van der Waals surface area contributed by atoms with Crippen LogP contribution in [0.5, 0.6) is 0 Å². The van der Waals surface area contributed by atoms with Crippen LogP contribution in [0.1, 0.15) is 33.3 Å². The molecule has 30 heavy (non-hydrogen) atoms. The van der Waals surface area contributed by atoms with Gasteiger partial charge in [-0.2, -0.15) is 0 Å². The molecule has 0 aliphatic carbocycles. The maximum atomic E-state index is 14.5. The highest BCUT2D eigenvalue weighted by Crippen LogP contribution is 2.32. The van der Waals surface area contributed by atoms with Crippen molar-refractivity contribution in [2.45, 2.75) is 39.8 Å². The highest BCUT2D eigenvalue weighted by Gasteiger charge is 2.24. The number of nitrogens with zero attached hydrogens (tertiary/aromatic N) is 1. The quantitative estimate of drug-likeness (QED) is 0.538. The Bertz CT molecular complexity index is 948. The van der Waals surface area contributed by atoms with Crippen LogP contribution in [0.3, 0.4) is 0 Å². The zero-order valence-corrected chi connectivity index (χ0v) is 17.7. The fraction of sp³-hybridized carbons (Fsp3) is 0.348. The number of carbonyl (C=O) groups excluding carboxylic acids is 1. The Morgan fingerprint density at radius 3 is 2.47 bits per heavy atom. The summed E-state index contributed by atoms with van der Waals surface area (Å²) in [4.78, 5) is 14.5. The minimum atomic E-state index is -0.418. The minimum Gasteiger partial charge on any atom is -0.381 e. The van der Waals surface area contributed by atoms with Crippen LogP contribution in [-0.4, -0.2) is 36.0 Å². The Labute approximate surface area is 176 Å². The van der Waals surface area contributed by atoms with E-state index in [0.717, 1.165) is 6.54 Å². The first-order chi connectivity index (χ1) is 14.3. The number of halogens is 2. The van der Waals surface area contributed by atoms with Gasteiger partial charge in [0, 0.05) is 42.6 Å². The van der Waals surface area contributed by atoms with Crippen LogP contribution in [0.25, 0.3) is 5.57 Å². The van der Waals surface area contributed by atoms with Crippen LogP contribution in [0, 0.1) is 11.6 Å². The van der Waals surface area contributed by atoms with Gasteiger partial charge in [0.15, 0.2) is 0 Å². The summed E-state index contributed by atoms with van der Waals surface area (Å²) in [7, 11) is 0. The Morgan fingerprint density at radius 2 is 1.80 bits per heavy atom. The molecule has 0 bridgehead atoms. The van der Waals surface area contributed by atoms with Crippen molar-refractivity contribution in [1.29, 1.82) is 0 Å². The lowest BCUT2D eigenvalue weighted by Crippen LogP contribution is -2.40. The zero-order chi connectivity index (χ0) is 21.8. The number of carbonyl (C=O) groups is 1. The van der Waals surface area contributed by atoms with E-state index in [0.29, 0.717) is 46.8 Å². The van der Waals surface area contributed by atoms with Gasteiger partial charge in [-0.05, 0) is 64.1 Å². The fourth-order valence-electron chi connectivity index (χ4n) is 3.65. The minimum absolute atomic E-state index is 0.332. The summed E-state index contributed by atoms with van der Waals surface area (Å²) in [6.07, 6.45) is 1.50. The molecule has 1 aliphatic rings. The molecule has 0 radical (unpaired) electrons. The molecule has 0 saturated carbocycles. The lowest BCUT2D eigenvalue weighted by Gasteiger charge is -2.30. The third kappa shape index (κ3) is 4.97. The van der Waals surface area contributed by atoms with Crippen LogP contribution in [0.15, 0.2) is 42.6 Å². The van der Waals surface area contributed by atoms with E-state index in [2.05, 4.69) is 48.5 Å². The number of rotatable bonds is 8. The summed E-state index contributed by atoms with van der Waals surface area (Å²) in [6.45, 7) is 10.0. The summed E-state index contributed by atoms with van der Waals surface area (Å²) in [5.41, 5.74) is 2.35. The van der Waals surface area contributed by atoms with Crippen molar-refractivity contribution in [1.82, 2.24) is 4.90 Å². The van der Waals surface area contributed by atoms with Gasteiger partial charge in [0.1, 0.15) is 11.6 Å². The van der Waals surface area contributed by atoms with E-state index in [-0.39, 0.29) is 11.7 Å². The molecule has 1 heterocycles. The molecule has 0 aromatic heterocycles. The van der Waals surface area contributed by atoms with Crippen molar-refractivity contribution in [2.24, 2.45) is 0 Å². The van der Waals surface area contributed by atoms with E-state index in [1.54, 1.807) is 18.2 Å². The predicted octanol–water partition coefficient (Wildman–Crippen LogP) is 4.90. The fourth-order valence-corrected chi connectivity index (χ4v) is 3.65. The molecule has 0 unspecified atom stereocenters. The van der Waals surface area contributed by atoms with Crippen molar-refractivity contribution >= 4 is 28.5 Å². The van der Waals surface area contributed by atoms with E-state index >= 15 is 0 Å². The zero-order valence-electron chi connectivity index (χ0n) is 17.7. The van der Waals surface area contributed by atoms with Gasteiger partial charge in [0.2, 0.25) is 0 Å². The van der Waals surface area contributed by atoms with Gasteiger partial charge in [0.25, 0.3) is 5.91 Å². The van der Waals surface area contributed by atoms with Crippen molar-refractivity contribution < 1.29 is 13.6 Å². The molecular formula is C23H28F2N4O. The SMILES string of the molecule is CC(C)N(CCNc1ccc(N/C=C2/C(=O)Nc3cc(F)ccc32)cc1F)C(C)C. The summed E-state index contributed by atoms with van der Waals surface area (Å²) in [6, 6.07) is 9.74. The number of hydrogen-bond donors (Lipinski definition) is 3. The molecular weight excluding hydrogens is 386 g/mol. The van der Waals surface area contributed by atoms with Crippen LogP contribution in [0.4, 0.5) is 25.8 Å². The first kappa shape index (κ1) is 21.8. The van der Waals surface area contributed by atoms with E-state index in [1.807, 2.05) is 0 Å². The van der Waals surface area contributed by atoms with Crippen molar-refractivity contribution in [2.75, 3.05) is 29.0 Å². The van der Waals surface area contributed by atoms with Crippen LogP contribution in [-0.2, 0) is 4.79 Å². The highest BCUT2D eigenvalue weighted by molar-refractivity contribution is 6.31. The van der Waals surface area contributed by atoms with Crippen molar-refractivity contribution in [3.05, 3.63) is 59.8 Å². The summed E-state index contributed by atoms with van der Waals surface area (Å²) >= 11 is 0. The van der Waals surface area contributed by atoms with Crippen LogP contribution < -0.4 is 16.0 Å². The molecule has 0 saturated heterocycles.